The number of rotatable bonds is 5. The minimum Gasteiger partial charge on any atom is -0.318 e. The largest absolute Gasteiger partial charge is 0.392 e. The number of anilines is 1. The lowest BCUT2D eigenvalue weighted by Gasteiger charge is -2.33. The predicted molar refractivity (Wildman–Crippen MR) is 122 cm³/mol. The quantitative estimate of drug-likeness (QED) is 0.405. The zero-order valence-electron chi connectivity index (χ0n) is 19.6. The fraction of sp³-hybridized carbons (Fsp3) is 0.400. The Morgan fingerprint density at radius 1 is 1.03 bits per heavy atom. The van der Waals surface area contributed by atoms with Gasteiger partial charge in [-0.3, -0.25) is 4.79 Å². The van der Waals surface area contributed by atoms with Crippen LogP contribution < -0.4 is 5.32 Å². The Balaban J connectivity index is 1.83. The van der Waals surface area contributed by atoms with Crippen LogP contribution in [0.2, 0.25) is 0 Å². The summed E-state index contributed by atoms with van der Waals surface area (Å²) < 4.78 is 70.5. The van der Waals surface area contributed by atoms with Crippen molar-refractivity contribution >= 4 is 11.6 Å². The van der Waals surface area contributed by atoms with Crippen molar-refractivity contribution in [2.75, 3.05) is 5.32 Å². The van der Waals surface area contributed by atoms with E-state index < -0.39 is 35.6 Å². The normalized spacial score (nSPS) is 18.3. The van der Waals surface area contributed by atoms with E-state index in [4.69, 9.17) is 0 Å². The highest BCUT2D eigenvalue weighted by Crippen LogP contribution is 2.48. The van der Waals surface area contributed by atoms with Gasteiger partial charge in [-0.25, -0.2) is 28.7 Å². The first-order valence-corrected chi connectivity index (χ1v) is 11.6. The molecule has 0 bridgehead atoms. The molecule has 4 rings (SSSR count). The van der Waals surface area contributed by atoms with Crippen LogP contribution in [0.3, 0.4) is 0 Å². The van der Waals surface area contributed by atoms with Gasteiger partial charge in [0.25, 0.3) is 5.91 Å². The van der Waals surface area contributed by atoms with Gasteiger partial charge in [-0.15, -0.1) is 0 Å². The molecular formula is C25H24F5N5O. The number of hydrogen-bond donors (Lipinski definition) is 1. The second kappa shape index (κ2) is 10.2. The smallest absolute Gasteiger partial charge is 0.318 e. The highest BCUT2D eigenvalue weighted by molar-refractivity contribution is 6.06. The van der Waals surface area contributed by atoms with Crippen LogP contribution in [0.4, 0.5) is 27.6 Å². The number of carbonyl (C=O) groups is 1. The fourth-order valence-corrected chi connectivity index (χ4v) is 4.48. The van der Waals surface area contributed by atoms with Crippen molar-refractivity contribution < 1.29 is 26.7 Å². The molecule has 190 valence electrons. The second-order valence-corrected chi connectivity index (χ2v) is 9.08. The average Bonchev–Trinajstić information content (AvgIpc) is 2.85. The summed E-state index contributed by atoms with van der Waals surface area (Å²) in [4.78, 5) is 29.5. The van der Waals surface area contributed by atoms with E-state index in [0.29, 0.717) is 18.7 Å². The van der Waals surface area contributed by atoms with E-state index >= 15 is 0 Å². The SMILES string of the molecule is CC(C)c1ncc(C(=O)Nc2c(-c3cc(F)ccc3F)ncnc2[C@H]2CCCC[C@H]2C(F)(F)F)cn1. The van der Waals surface area contributed by atoms with Gasteiger partial charge in [0, 0.05) is 29.8 Å². The Morgan fingerprint density at radius 3 is 2.39 bits per heavy atom. The molecule has 0 spiro atoms. The van der Waals surface area contributed by atoms with Gasteiger partial charge >= 0.3 is 6.18 Å². The minimum absolute atomic E-state index is 0.0180. The van der Waals surface area contributed by atoms with Crippen LogP contribution in [-0.4, -0.2) is 32.0 Å². The van der Waals surface area contributed by atoms with Gasteiger partial charge in [0.05, 0.1) is 22.9 Å². The van der Waals surface area contributed by atoms with Gasteiger partial charge in [-0.2, -0.15) is 13.2 Å². The summed E-state index contributed by atoms with van der Waals surface area (Å²) in [6.45, 7) is 3.76. The average molecular weight is 505 g/mol. The number of aromatic nitrogens is 4. The number of amides is 1. The van der Waals surface area contributed by atoms with Gasteiger partial charge in [0.15, 0.2) is 0 Å². The zero-order chi connectivity index (χ0) is 26.0. The lowest BCUT2D eigenvalue weighted by atomic mass is 9.76. The van der Waals surface area contributed by atoms with E-state index in [-0.39, 0.29) is 47.0 Å². The van der Waals surface area contributed by atoms with Crippen molar-refractivity contribution in [3.05, 3.63) is 65.6 Å². The lowest BCUT2D eigenvalue weighted by molar-refractivity contribution is -0.187. The molecule has 1 fully saturated rings. The Morgan fingerprint density at radius 2 is 1.72 bits per heavy atom. The lowest BCUT2D eigenvalue weighted by Crippen LogP contribution is -2.33. The molecule has 2 atom stereocenters. The number of benzene rings is 1. The molecule has 0 saturated heterocycles. The number of alkyl halides is 3. The van der Waals surface area contributed by atoms with Crippen molar-refractivity contribution in [2.24, 2.45) is 5.92 Å². The van der Waals surface area contributed by atoms with Gasteiger partial charge in [-0.1, -0.05) is 26.7 Å². The Kier molecular flexibility index (Phi) is 7.28. The van der Waals surface area contributed by atoms with Crippen LogP contribution in [-0.2, 0) is 0 Å². The van der Waals surface area contributed by atoms with Crippen molar-refractivity contribution in [3.8, 4) is 11.3 Å². The van der Waals surface area contributed by atoms with Crippen molar-refractivity contribution in [2.45, 2.75) is 57.5 Å². The Hall–Kier alpha value is -3.50. The molecule has 3 aromatic rings. The van der Waals surface area contributed by atoms with E-state index in [1.807, 2.05) is 13.8 Å². The summed E-state index contributed by atoms with van der Waals surface area (Å²) in [5, 5.41) is 2.56. The van der Waals surface area contributed by atoms with Crippen LogP contribution in [0.25, 0.3) is 11.3 Å². The topological polar surface area (TPSA) is 80.7 Å². The monoisotopic (exact) mass is 505 g/mol. The Bertz CT molecular complexity index is 1250. The third-order valence-electron chi connectivity index (χ3n) is 6.29. The van der Waals surface area contributed by atoms with Crippen LogP contribution in [0.15, 0.2) is 36.9 Å². The van der Waals surface area contributed by atoms with Crippen molar-refractivity contribution in [1.82, 2.24) is 19.9 Å². The first kappa shape index (κ1) is 25.6. The van der Waals surface area contributed by atoms with Gasteiger partial charge < -0.3 is 5.32 Å². The van der Waals surface area contributed by atoms with Crippen LogP contribution in [0.1, 0.15) is 73.2 Å². The second-order valence-electron chi connectivity index (χ2n) is 9.08. The number of halogens is 5. The molecule has 1 aliphatic carbocycles. The molecule has 0 radical (unpaired) electrons. The van der Waals surface area contributed by atoms with E-state index in [2.05, 4.69) is 25.3 Å². The van der Waals surface area contributed by atoms with Gasteiger partial charge in [0.1, 0.15) is 29.5 Å². The summed E-state index contributed by atoms with van der Waals surface area (Å²) in [5.74, 6) is -4.62. The molecule has 2 heterocycles. The standard InChI is InChI=1S/C25H24F5N5O/c1-13(2)23-31-10-14(11-32-23)24(36)35-22-20(16-5-3-4-6-18(16)25(28,29)30)33-12-34-21(22)17-9-15(26)7-8-19(17)27/h7-13,16,18H,3-6H2,1-2H3,(H,35,36)/t16-,18+/m0/s1. The number of nitrogens with one attached hydrogen (secondary N) is 1. The van der Waals surface area contributed by atoms with E-state index in [1.165, 1.54) is 12.4 Å². The Labute approximate surface area is 204 Å². The molecule has 0 unspecified atom stereocenters. The zero-order valence-corrected chi connectivity index (χ0v) is 19.6. The van der Waals surface area contributed by atoms with Crippen LogP contribution in [0, 0.1) is 17.6 Å². The predicted octanol–water partition coefficient (Wildman–Crippen LogP) is 6.42. The molecule has 6 nitrogen and oxygen atoms in total. The number of carbonyl (C=O) groups excluding carboxylic acids is 1. The first-order valence-electron chi connectivity index (χ1n) is 11.6. The van der Waals surface area contributed by atoms with Crippen LogP contribution in [0.5, 0.6) is 0 Å². The summed E-state index contributed by atoms with van der Waals surface area (Å²) >= 11 is 0. The van der Waals surface area contributed by atoms with Crippen molar-refractivity contribution in [1.29, 1.82) is 0 Å². The summed E-state index contributed by atoms with van der Waals surface area (Å²) in [5.41, 5.74) is -0.744. The maximum atomic E-state index is 14.7. The summed E-state index contributed by atoms with van der Waals surface area (Å²) in [6, 6.07) is 2.67. The highest BCUT2D eigenvalue weighted by atomic mass is 19.4. The minimum atomic E-state index is -4.50. The number of hydrogen-bond acceptors (Lipinski definition) is 5. The van der Waals surface area contributed by atoms with E-state index in [9.17, 15) is 26.7 Å². The first-order chi connectivity index (χ1) is 17.1. The van der Waals surface area contributed by atoms with E-state index in [0.717, 1.165) is 24.5 Å². The third kappa shape index (κ3) is 5.34. The van der Waals surface area contributed by atoms with Crippen LogP contribution >= 0.6 is 0 Å². The van der Waals surface area contributed by atoms with E-state index in [1.54, 1.807) is 0 Å². The molecule has 0 aliphatic heterocycles. The molecular weight excluding hydrogens is 481 g/mol. The molecule has 1 saturated carbocycles. The molecule has 1 amide bonds. The molecule has 11 heteroatoms. The maximum absolute atomic E-state index is 14.7. The van der Waals surface area contributed by atoms with Gasteiger partial charge in [-0.05, 0) is 31.0 Å². The molecule has 36 heavy (non-hydrogen) atoms. The van der Waals surface area contributed by atoms with Gasteiger partial charge in [0.2, 0.25) is 0 Å². The molecule has 1 aromatic carbocycles. The third-order valence-corrected chi connectivity index (χ3v) is 6.29. The maximum Gasteiger partial charge on any atom is 0.392 e. The fourth-order valence-electron chi connectivity index (χ4n) is 4.48. The molecule has 2 aromatic heterocycles. The summed E-state index contributed by atoms with van der Waals surface area (Å²) in [7, 11) is 0. The summed E-state index contributed by atoms with van der Waals surface area (Å²) in [6.07, 6.45) is 0.100. The molecule has 1 N–H and O–H groups in total. The van der Waals surface area contributed by atoms with Crippen molar-refractivity contribution in [3.63, 3.8) is 0 Å². The number of nitrogens with zero attached hydrogens (tertiary/aromatic N) is 4. The molecule has 1 aliphatic rings. The highest BCUT2D eigenvalue weighted by Gasteiger charge is 2.47.